The van der Waals surface area contributed by atoms with Crippen molar-refractivity contribution in [3.05, 3.63) is 82.3 Å². The molecule has 0 unspecified atom stereocenters. The lowest BCUT2D eigenvalue weighted by Gasteiger charge is -2.20. The molecule has 0 spiro atoms. The number of fused-ring (bicyclic) bond motifs is 2. The van der Waals surface area contributed by atoms with Crippen LogP contribution >= 0.6 is 0 Å². The summed E-state index contributed by atoms with van der Waals surface area (Å²) in [5.41, 5.74) is -0.641. The number of nitrogens with one attached hydrogen (secondary N) is 1. The van der Waals surface area contributed by atoms with Crippen molar-refractivity contribution in [2.24, 2.45) is 0 Å². The number of imide groups is 1. The molecule has 6 rings (SSSR count). The van der Waals surface area contributed by atoms with Gasteiger partial charge in [0.05, 0.1) is 30.1 Å². The molecular formula is C27H19F3N4O7. The number of carbonyl (C=O) groups excluding carboxylic acids is 2. The number of benzene rings is 3. The molecule has 1 saturated heterocycles. The number of alkyl halides is 3. The van der Waals surface area contributed by atoms with E-state index in [0.29, 0.717) is 27.8 Å². The molecule has 0 aliphatic carbocycles. The fourth-order valence-corrected chi connectivity index (χ4v) is 4.79. The van der Waals surface area contributed by atoms with E-state index in [-0.39, 0.29) is 23.4 Å². The van der Waals surface area contributed by atoms with Crippen molar-refractivity contribution in [2.75, 3.05) is 7.11 Å². The third-order valence-corrected chi connectivity index (χ3v) is 6.77. The Labute approximate surface area is 227 Å². The number of alkyl carbamates (subject to hydrolysis) is 1. The Hall–Kier alpha value is -5.27. The summed E-state index contributed by atoms with van der Waals surface area (Å²) >= 11 is 0. The molecule has 1 N–H and O–H groups in total. The molecule has 3 heterocycles. The van der Waals surface area contributed by atoms with Crippen LogP contribution in [-0.4, -0.2) is 39.8 Å². The van der Waals surface area contributed by atoms with Gasteiger partial charge in [0.1, 0.15) is 11.5 Å². The molecule has 1 aliphatic heterocycles. The van der Waals surface area contributed by atoms with Crippen molar-refractivity contribution in [1.82, 2.24) is 19.6 Å². The second-order valence-electron chi connectivity index (χ2n) is 9.35. The topological polar surface area (TPSA) is 127 Å². The Morgan fingerprint density at radius 3 is 2.49 bits per heavy atom. The van der Waals surface area contributed by atoms with E-state index in [1.54, 1.807) is 42.5 Å². The molecule has 14 heteroatoms. The Balaban J connectivity index is 1.50. The van der Waals surface area contributed by atoms with Crippen LogP contribution in [0.5, 0.6) is 11.5 Å². The van der Waals surface area contributed by atoms with E-state index < -0.39 is 35.4 Å². The second kappa shape index (κ2) is 9.15. The monoisotopic (exact) mass is 568 g/mol. The summed E-state index contributed by atoms with van der Waals surface area (Å²) in [6.07, 6.45) is -5.83. The highest BCUT2D eigenvalue weighted by Crippen LogP contribution is 2.33. The number of carbonyl (C=O) groups is 2. The summed E-state index contributed by atoms with van der Waals surface area (Å²) in [6, 6.07) is 14.9. The number of nitrogens with zero attached hydrogens (tertiary/aromatic N) is 3. The van der Waals surface area contributed by atoms with Crippen LogP contribution in [0.15, 0.2) is 70.0 Å². The molecule has 210 valence electrons. The predicted octanol–water partition coefficient (Wildman–Crippen LogP) is 4.37. The molecule has 11 nitrogen and oxygen atoms in total. The third kappa shape index (κ3) is 4.42. The summed E-state index contributed by atoms with van der Waals surface area (Å²) in [6.45, 7) is 1.39. The number of hydrogen-bond acceptors (Lipinski definition) is 8. The van der Waals surface area contributed by atoms with Crippen LogP contribution in [-0.2, 0) is 21.7 Å². The smallest absolute Gasteiger partial charge is 0.497 e. The minimum atomic E-state index is -4.95. The number of aromatic nitrogens is 3. The highest BCUT2D eigenvalue weighted by atomic mass is 19.4. The largest absolute Gasteiger partial charge is 0.573 e. The van der Waals surface area contributed by atoms with Gasteiger partial charge >= 0.3 is 18.1 Å². The van der Waals surface area contributed by atoms with Crippen LogP contribution in [0, 0.1) is 0 Å². The summed E-state index contributed by atoms with van der Waals surface area (Å²) in [5.74, 6) is -0.642. The lowest BCUT2D eigenvalue weighted by atomic mass is 9.94. The zero-order chi connectivity index (χ0) is 29.1. The highest BCUT2D eigenvalue weighted by molar-refractivity contribution is 6.03. The van der Waals surface area contributed by atoms with Crippen molar-refractivity contribution in [3.8, 4) is 17.3 Å². The van der Waals surface area contributed by atoms with E-state index in [1.165, 1.54) is 24.7 Å². The lowest BCUT2D eigenvalue weighted by molar-refractivity contribution is -0.274. The van der Waals surface area contributed by atoms with Gasteiger partial charge in [0.2, 0.25) is 5.60 Å². The van der Waals surface area contributed by atoms with Crippen molar-refractivity contribution >= 4 is 34.0 Å². The van der Waals surface area contributed by atoms with Crippen molar-refractivity contribution in [1.29, 1.82) is 0 Å². The first-order valence-corrected chi connectivity index (χ1v) is 12.1. The van der Waals surface area contributed by atoms with Crippen LogP contribution in [0.3, 0.4) is 0 Å². The number of cyclic esters (lactones) is 1. The summed E-state index contributed by atoms with van der Waals surface area (Å²) in [7, 11) is 1.47. The van der Waals surface area contributed by atoms with E-state index >= 15 is 0 Å². The van der Waals surface area contributed by atoms with Crippen molar-refractivity contribution < 1.29 is 41.5 Å². The van der Waals surface area contributed by atoms with Gasteiger partial charge in [-0.1, -0.05) is 23.4 Å². The Kier molecular flexibility index (Phi) is 5.79. The molecule has 1 fully saturated rings. The minimum absolute atomic E-state index is 0.0507. The van der Waals surface area contributed by atoms with E-state index in [9.17, 15) is 27.6 Å². The number of ether oxygens (including phenoxy) is 3. The summed E-state index contributed by atoms with van der Waals surface area (Å²) < 4.78 is 61.4. The van der Waals surface area contributed by atoms with Gasteiger partial charge in [-0.2, -0.15) is 0 Å². The SMILES string of the molecule is COc1ccc2c(-n3c(=O)n(Cc4cccc([C@@]5(C)OC(=O)NC5=O)c4)c4ccc(OC(F)(F)F)cc43)noc2c1. The van der Waals surface area contributed by atoms with Gasteiger partial charge < -0.3 is 18.7 Å². The van der Waals surface area contributed by atoms with Crippen LogP contribution in [0.25, 0.3) is 27.8 Å². The van der Waals surface area contributed by atoms with Crippen molar-refractivity contribution in [3.63, 3.8) is 0 Å². The predicted molar refractivity (Wildman–Crippen MR) is 136 cm³/mol. The first kappa shape index (κ1) is 26.0. The number of amides is 2. The lowest BCUT2D eigenvalue weighted by Crippen LogP contribution is -2.33. The van der Waals surface area contributed by atoms with E-state index in [4.69, 9.17) is 14.0 Å². The van der Waals surface area contributed by atoms with Gasteiger partial charge in [-0.15, -0.1) is 13.2 Å². The van der Waals surface area contributed by atoms with Crippen LogP contribution in [0.4, 0.5) is 18.0 Å². The van der Waals surface area contributed by atoms with Gasteiger partial charge in [-0.05, 0) is 42.8 Å². The number of rotatable bonds is 6. The Morgan fingerprint density at radius 1 is 1.00 bits per heavy atom. The van der Waals surface area contributed by atoms with Gasteiger partial charge in [0.15, 0.2) is 11.4 Å². The quantitative estimate of drug-likeness (QED) is 0.320. The molecule has 1 atom stereocenters. The van der Waals surface area contributed by atoms with E-state index in [0.717, 1.165) is 16.7 Å². The zero-order valence-electron chi connectivity index (χ0n) is 21.3. The first-order chi connectivity index (χ1) is 19.5. The van der Waals surface area contributed by atoms with Gasteiger partial charge in [-0.25, -0.2) is 14.2 Å². The van der Waals surface area contributed by atoms with E-state index in [2.05, 4.69) is 15.2 Å². The number of hydrogen-bond donors (Lipinski definition) is 1. The maximum atomic E-state index is 13.9. The molecule has 3 aromatic carbocycles. The molecule has 0 saturated carbocycles. The second-order valence-corrected chi connectivity index (χ2v) is 9.35. The molecule has 5 aromatic rings. The van der Waals surface area contributed by atoms with Crippen molar-refractivity contribution in [2.45, 2.75) is 25.4 Å². The number of imidazole rings is 1. The summed E-state index contributed by atoms with van der Waals surface area (Å²) in [4.78, 5) is 37.9. The molecule has 0 radical (unpaired) electrons. The molecular weight excluding hydrogens is 549 g/mol. The maximum absolute atomic E-state index is 13.9. The molecule has 41 heavy (non-hydrogen) atoms. The fourth-order valence-electron chi connectivity index (χ4n) is 4.79. The van der Waals surface area contributed by atoms with Gasteiger partial charge in [0, 0.05) is 17.7 Å². The number of methoxy groups -OCH3 is 1. The van der Waals surface area contributed by atoms with Gasteiger partial charge in [-0.3, -0.25) is 14.7 Å². The standard InChI is InChI=1S/C27H19F3N4O7/c1-26(23(35)31-24(36)40-26)15-5-3-4-14(10-15)13-33-19-9-7-17(39-27(28,29)30)11-20(19)34(25(33)37)22-18-8-6-16(38-2)12-21(18)41-32-22/h3-12H,13H2,1-2H3,(H,31,35,36)/t26-/m1/s1. The first-order valence-electron chi connectivity index (χ1n) is 12.1. The van der Waals surface area contributed by atoms with Crippen LogP contribution < -0.4 is 20.5 Å². The molecule has 2 aromatic heterocycles. The highest BCUT2D eigenvalue weighted by Gasteiger charge is 2.46. The van der Waals surface area contributed by atoms with E-state index in [1.807, 2.05) is 0 Å². The van der Waals surface area contributed by atoms with Gasteiger partial charge in [0.25, 0.3) is 5.91 Å². The van der Waals surface area contributed by atoms with Crippen LogP contribution in [0.2, 0.25) is 0 Å². The normalized spacial score (nSPS) is 17.2. The van der Waals surface area contributed by atoms with Crippen LogP contribution in [0.1, 0.15) is 18.1 Å². The fraction of sp³-hybridized carbons (Fsp3) is 0.185. The average Bonchev–Trinajstić information content (AvgIpc) is 3.54. The third-order valence-electron chi connectivity index (χ3n) is 6.77. The number of halogens is 3. The Morgan fingerprint density at radius 2 is 1.78 bits per heavy atom. The summed E-state index contributed by atoms with van der Waals surface area (Å²) in [5, 5.41) is 6.54. The zero-order valence-corrected chi connectivity index (χ0v) is 21.3. The minimum Gasteiger partial charge on any atom is -0.497 e. The molecule has 2 amide bonds. The Bertz CT molecular complexity index is 1920. The maximum Gasteiger partial charge on any atom is 0.573 e. The molecule has 0 bridgehead atoms. The average molecular weight is 568 g/mol. The molecule has 1 aliphatic rings.